The van der Waals surface area contributed by atoms with E-state index in [4.69, 9.17) is 9.47 Å². The predicted molar refractivity (Wildman–Crippen MR) is 130 cm³/mol. The van der Waals surface area contributed by atoms with Crippen molar-refractivity contribution in [1.82, 2.24) is 14.1 Å². The molecule has 0 saturated carbocycles. The fourth-order valence-electron chi connectivity index (χ4n) is 4.58. The highest BCUT2D eigenvalue weighted by molar-refractivity contribution is 7.89. The molecule has 0 bridgehead atoms. The Balaban J connectivity index is 1.46. The Bertz CT molecular complexity index is 1100. The molecule has 2 aromatic carbocycles. The van der Waals surface area contributed by atoms with Crippen LogP contribution in [-0.2, 0) is 16.6 Å². The van der Waals surface area contributed by atoms with Crippen molar-refractivity contribution in [3.8, 4) is 11.5 Å². The number of rotatable bonds is 7. The van der Waals surface area contributed by atoms with Crippen molar-refractivity contribution in [2.45, 2.75) is 30.7 Å². The van der Waals surface area contributed by atoms with Crippen LogP contribution in [0.15, 0.2) is 47.4 Å². The largest absolute Gasteiger partial charge is 0.497 e. The molecule has 2 aliphatic heterocycles. The number of amides is 1. The molecule has 0 atom stereocenters. The van der Waals surface area contributed by atoms with Crippen LogP contribution in [0.5, 0.6) is 11.5 Å². The summed E-state index contributed by atoms with van der Waals surface area (Å²) in [6.45, 7) is 4.69. The van der Waals surface area contributed by atoms with Gasteiger partial charge in [0.25, 0.3) is 5.91 Å². The van der Waals surface area contributed by atoms with Crippen LogP contribution in [0.4, 0.5) is 0 Å². The lowest BCUT2D eigenvalue weighted by Gasteiger charge is -2.23. The first-order valence-electron chi connectivity index (χ1n) is 11.7. The van der Waals surface area contributed by atoms with E-state index >= 15 is 0 Å². The number of ether oxygens (including phenoxy) is 2. The summed E-state index contributed by atoms with van der Waals surface area (Å²) in [4.78, 5) is 17.6. The molecule has 0 aliphatic carbocycles. The number of methoxy groups -OCH3 is 2. The van der Waals surface area contributed by atoms with E-state index in [1.807, 2.05) is 17.0 Å². The summed E-state index contributed by atoms with van der Waals surface area (Å²) in [6.07, 6.45) is 2.55. The van der Waals surface area contributed by atoms with Crippen molar-refractivity contribution in [2.75, 3.05) is 53.5 Å². The Kier molecular flexibility index (Phi) is 7.75. The van der Waals surface area contributed by atoms with Gasteiger partial charge in [-0.1, -0.05) is 12.1 Å². The van der Waals surface area contributed by atoms with Gasteiger partial charge in [-0.3, -0.25) is 9.69 Å². The molecule has 8 nitrogen and oxygen atoms in total. The second-order valence-electron chi connectivity index (χ2n) is 8.75. The molecule has 2 aromatic rings. The number of carbonyl (C=O) groups excluding carboxylic acids is 1. The van der Waals surface area contributed by atoms with Gasteiger partial charge < -0.3 is 14.4 Å². The number of carbonyl (C=O) groups is 1. The third kappa shape index (κ3) is 5.37. The van der Waals surface area contributed by atoms with E-state index in [0.717, 1.165) is 44.6 Å². The molecule has 4 rings (SSSR count). The number of hydrogen-bond acceptors (Lipinski definition) is 6. The topological polar surface area (TPSA) is 79.4 Å². The molecule has 0 spiro atoms. The molecule has 2 fully saturated rings. The molecule has 184 valence electrons. The van der Waals surface area contributed by atoms with E-state index in [9.17, 15) is 13.2 Å². The summed E-state index contributed by atoms with van der Waals surface area (Å²) in [5.41, 5.74) is 1.58. The van der Waals surface area contributed by atoms with E-state index in [2.05, 4.69) is 17.0 Å². The van der Waals surface area contributed by atoms with Gasteiger partial charge in [0, 0.05) is 51.4 Å². The minimum Gasteiger partial charge on any atom is -0.497 e. The predicted octanol–water partition coefficient (Wildman–Crippen LogP) is 2.84. The molecule has 0 unspecified atom stereocenters. The standard InChI is InChI=1S/C25H33N3O5S/c1-32-22-9-6-20(7-10-22)19-26-12-5-13-27(17-16-26)25(29)21-8-11-23(33-2)24(18-21)34(30,31)28-14-3-4-15-28/h6-11,18H,3-5,12-17,19H2,1-2H3. The molecule has 2 saturated heterocycles. The average Bonchev–Trinajstić information content (AvgIpc) is 3.32. The maximum atomic E-state index is 13.3. The third-order valence-electron chi connectivity index (χ3n) is 6.53. The van der Waals surface area contributed by atoms with Crippen LogP contribution >= 0.6 is 0 Å². The molecule has 0 radical (unpaired) electrons. The van der Waals surface area contributed by atoms with Gasteiger partial charge in [0.15, 0.2) is 0 Å². The number of sulfonamides is 1. The zero-order valence-corrected chi connectivity index (χ0v) is 20.7. The number of hydrogen-bond donors (Lipinski definition) is 0. The monoisotopic (exact) mass is 487 g/mol. The summed E-state index contributed by atoms with van der Waals surface area (Å²) < 4.78 is 38.4. The van der Waals surface area contributed by atoms with Crippen molar-refractivity contribution in [3.05, 3.63) is 53.6 Å². The Morgan fingerprint density at radius 1 is 0.853 bits per heavy atom. The Hall–Kier alpha value is -2.62. The summed E-state index contributed by atoms with van der Waals surface area (Å²) in [7, 11) is -0.597. The Morgan fingerprint density at radius 3 is 2.26 bits per heavy atom. The average molecular weight is 488 g/mol. The summed E-state index contributed by atoms with van der Waals surface area (Å²) in [5, 5.41) is 0. The maximum Gasteiger partial charge on any atom is 0.253 e. The van der Waals surface area contributed by atoms with Crippen LogP contribution < -0.4 is 9.47 Å². The van der Waals surface area contributed by atoms with Crippen LogP contribution in [0.3, 0.4) is 0 Å². The third-order valence-corrected chi connectivity index (χ3v) is 8.45. The van der Waals surface area contributed by atoms with E-state index < -0.39 is 10.0 Å². The highest BCUT2D eigenvalue weighted by atomic mass is 32.2. The van der Waals surface area contributed by atoms with E-state index in [1.165, 1.54) is 23.0 Å². The van der Waals surface area contributed by atoms with Crippen LogP contribution in [0.2, 0.25) is 0 Å². The van der Waals surface area contributed by atoms with Crippen molar-refractivity contribution in [2.24, 2.45) is 0 Å². The number of benzene rings is 2. The summed E-state index contributed by atoms with van der Waals surface area (Å²) >= 11 is 0. The molecule has 2 heterocycles. The molecular weight excluding hydrogens is 454 g/mol. The van der Waals surface area contributed by atoms with E-state index in [1.54, 1.807) is 19.2 Å². The Morgan fingerprint density at radius 2 is 1.59 bits per heavy atom. The normalized spacial score (nSPS) is 18.0. The van der Waals surface area contributed by atoms with Gasteiger partial charge in [0.05, 0.1) is 14.2 Å². The van der Waals surface area contributed by atoms with Gasteiger partial charge in [-0.15, -0.1) is 0 Å². The second kappa shape index (κ2) is 10.8. The lowest BCUT2D eigenvalue weighted by molar-refractivity contribution is 0.0761. The molecule has 0 aromatic heterocycles. The fourth-order valence-corrected chi connectivity index (χ4v) is 6.28. The fraction of sp³-hybridized carbons (Fsp3) is 0.480. The molecule has 0 N–H and O–H groups in total. The minimum absolute atomic E-state index is 0.0682. The van der Waals surface area contributed by atoms with E-state index in [-0.39, 0.29) is 16.6 Å². The zero-order valence-electron chi connectivity index (χ0n) is 19.9. The quantitative estimate of drug-likeness (QED) is 0.598. The van der Waals surface area contributed by atoms with Crippen molar-refractivity contribution in [3.63, 3.8) is 0 Å². The lowest BCUT2D eigenvalue weighted by atomic mass is 10.2. The minimum atomic E-state index is -3.70. The number of nitrogens with zero attached hydrogens (tertiary/aromatic N) is 3. The molecule has 34 heavy (non-hydrogen) atoms. The smallest absolute Gasteiger partial charge is 0.253 e. The van der Waals surface area contributed by atoms with Gasteiger partial charge in [0.2, 0.25) is 10.0 Å². The summed E-state index contributed by atoms with van der Waals surface area (Å²) in [6, 6.07) is 12.8. The van der Waals surface area contributed by atoms with Crippen molar-refractivity contribution in [1.29, 1.82) is 0 Å². The highest BCUT2D eigenvalue weighted by Gasteiger charge is 2.31. The maximum absolute atomic E-state index is 13.3. The van der Waals surface area contributed by atoms with Gasteiger partial charge in [-0.2, -0.15) is 4.31 Å². The molecular formula is C25H33N3O5S. The van der Waals surface area contributed by atoms with Crippen LogP contribution in [0, 0.1) is 0 Å². The highest BCUT2D eigenvalue weighted by Crippen LogP contribution is 2.30. The van der Waals surface area contributed by atoms with Gasteiger partial charge in [0.1, 0.15) is 16.4 Å². The van der Waals surface area contributed by atoms with Crippen molar-refractivity contribution >= 4 is 15.9 Å². The second-order valence-corrected chi connectivity index (χ2v) is 10.7. The van der Waals surface area contributed by atoms with Crippen LogP contribution in [0.25, 0.3) is 0 Å². The zero-order chi connectivity index (χ0) is 24.1. The van der Waals surface area contributed by atoms with Gasteiger partial charge in [-0.05, 0) is 55.2 Å². The SMILES string of the molecule is COc1ccc(CN2CCCN(C(=O)c3ccc(OC)c(S(=O)(=O)N4CCCC4)c3)CC2)cc1. The molecule has 2 aliphatic rings. The first kappa shape index (κ1) is 24.5. The van der Waals surface area contributed by atoms with E-state index in [0.29, 0.717) is 31.7 Å². The Labute approximate surface area is 202 Å². The van der Waals surface area contributed by atoms with Crippen molar-refractivity contribution < 1.29 is 22.7 Å². The van der Waals surface area contributed by atoms with Crippen LogP contribution in [0.1, 0.15) is 35.2 Å². The van der Waals surface area contributed by atoms with Crippen LogP contribution in [-0.4, -0.2) is 81.9 Å². The lowest BCUT2D eigenvalue weighted by Crippen LogP contribution is -2.35. The van der Waals surface area contributed by atoms with Gasteiger partial charge >= 0.3 is 0 Å². The van der Waals surface area contributed by atoms with Gasteiger partial charge in [-0.25, -0.2) is 8.42 Å². The summed E-state index contributed by atoms with van der Waals surface area (Å²) in [5.74, 6) is 0.957. The first-order chi connectivity index (χ1) is 16.4. The molecule has 1 amide bonds. The first-order valence-corrected chi connectivity index (χ1v) is 13.2. The molecule has 9 heteroatoms.